The minimum Gasteiger partial charge on any atom is -0.508 e. The average Bonchev–Trinajstić information content (AvgIpc) is 2.41. The van der Waals surface area contributed by atoms with Crippen molar-refractivity contribution in [3.05, 3.63) is 35.9 Å². The van der Waals surface area contributed by atoms with Crippen LogP contribution in [0.1, 0.15) is 69.8 Å². The Kier molecular flexibility index (Phi) is 6.00. The van der Waals surface area contributed by atoms with Crippen molar-refractivity contribution in [2.75, 3.05) is 0 Å². The van der Waals surface area contributed by atoms with Gasteiger partial charge in [-0.1, -0.05) is 56.7 Å². The lowest BCUT2D eigenvalue weighted by Crippen LogP contribution is -1.89. The van der Waals surface area contributed by atoms with E-state index in [1.165, 1.54) is 75.3 Å². The predicted molar refractivity (Wildman–Crippen MR) is 82.3 cm³/mol. The van der Waals surface area contributed by atoms with E-state index in [4.69, 9.17) is 0 Å². The minimum atomic E-state index is 0.359. The predicted octanol–water partition coefficient (Wildman–Crippen LogP) is 5.69. The lowest BCUT2D eigenvalue weighted by Gasteiger charge is -2.10. The molecule has 0 heterocycles. The fourth-order valence-corrected chi connectivity index (χ4v) is 2.84. The van der Waals surface area contributed by atoms with E-state index in [1.54, 1.807) is 12.1 Å². The van der Waals surface area contributed by atoms with Gasteiger partial charge >= 0.3 is 0 Å². The van der Waals surface area contributed by atoms with Crippen LogP contribution in [0.3, 0.4) is 0 Å². The van der Waals surface area contributed by atoms with Crippen molar-refractivity contribution in [2.24, 2.45) is 0 Å². The summed E-state index contributed by atoms with van der Waals surface area (Å²) in [4.78, 5) is 0. The van der Waals surface area contributed by atoms with Gasteiger partial charge in [0.05, 0.1) is 0 Å². The van der Waals surface area contributed by atoms with Crippen molar-refractivity contribution >= 4 is 5.57 Å². The number of benzene rings is 1. The van der Waals surface area contributed by atoms with Gasteiger partial charge in [0.2, 0.25) is 0 Å². The van der Waals surface area contributed by atoms with E-state index in [-0.39, 0.29) is 0 Å². The summed E-state index contributed by atoms with van der Waals surface area (Å²) >= 11 is 0. The molecule has 1 heteroatoms. The second kappa shape index (κ2) is 8.04. The largest absolute Gasteiger partial charge is 0.508 e. The molecule has 104 valence electrons. The molecule has 0 radical (unpaired) electrons. The maximum absolute atomic E-state index is 9.39. The normalized spacial score (nSPS) is 19.1. The highest BCUT2D eigenvalue weighted by Crippen LogP contribution is 2.25. The molecule has 1 aliphatic carbocycles. The Morgan fingerprint density at radius 2 is 1.26 bits per heavy atom. The van der Waals surface area contributed by atoms with Crippen LogP contribution < -0.4 is 0 Å². The van der Waals surface area contributed by atoms with Gasteiger partial charge in [-0.05, 0) is 49.0 Å². The van der Waals surface area contributed by atoms with E-state index < -0.39 is 0 Å². The van der Waals surface area contributed by atoms with Crippen LogP contribution in [0.15, 0.2) is 30.3 Å². The summed E-state index contributed by atoms with van der Waals surface area (Å²) in [6, 6.07) is 7.69. The number of hydrogen-bond donors (Lipinski definition) is 1. The maximum Gasteiger partial charge on any atom is 0.115 e. The summed E-state index contributed by atoms with van der Waals surface area (Å²) in [5.41, 5.74) is 2.76. The number of allylic oxidation sites excluding steroid dienone is 2. The monoisotopic (exact) mass is 258 g/mol. The summed E-state index contributed by atoms with van der Waals surface area (Å²) in [7, 11) is 0. The van der Waals surface area contributed by atoms with Gasteiger partial charge in [-0.2, -0.15) is 0 Å². The molecule has 0 atom stereocenters. The molecule has 0 spiro atoms. The second-order valence-corrected chi connectivity index (χ2v) is 5.64. The molecule has 1 aliphatic rings. The van der Waals surface area contributed by atoms with Gasteiger partial charge in [0.15, 0.2) is 0 Å². The van der Waals surface area contributed by atoms with Crippen LogP contribution in [0, 0.1) is 0 Å². The van der Waals surface area contributed by atoms with Crippen LogP contribution in [-0.2, 0) is 0 Å². The van der Waals surface area contributed by atoms with Gasteiger partial charge in [-0.15, -0.1) is 0 Å². The number of rotatable bonds is 1. The van der Waals surface area contributed by atoms with Crippen molar-refractivity contribution in [1.82, 2.24) is 0 Å². The van der Waals surface area contributed by atoms with Crippen LogP contribution in [0.2, 0.25) is 0 Å². The van der Waals surface area contributed by atoms with Crippen molar-refractivity contribution < 1.29 is 5.11 Å². The van der Waals surface area contributed by atoms with E-state index in [0.29, 0.717) is 5.75 Å². The van der Waals surface area contributed by atoms with Gasteiger partial charge < -0.3 is 5.11 Å². The topological polar surface area (TPSA) is 20.2 Å². The van der Waals surface area contributed by atoms with Crippen molar-refractivity contribution in [3.63, 3.8) is 0 Å². The summed E-state index contributed by atoms with van der Waals surface area (Å²) in [5, 5.41) is 9.39. The Labute approximate surface area is 117 Å². The van der Waals surface area contributed by atoms with E-state index in [9.17, 15) is 5.11 Å². The average molecular weight is 258 g/mol. The van der Waals surface area contributed by atoms with Crippen LogP contribution >= 0.6 is 0 Å². The molecule has 0 saturated carbocycles. The highest BCUT2D eigenvalue weighted by Gasteiger charge is 2.03. The first kappa shape index (κ1) is 14.2. The van der Waals surface area contributed by atoms with Crippen molar-refractivity contribution in [2.45, 2.75) is 64.2 Å². The lowest BCUT2D eigenvalue weighted by molar-refractivity contribution is 0.475. The van der Waals surface area contributed by atoms with Crippen molar-refractivity contribution in [3.8, 4) is 5.75 Å². The number of aromatic hydroxyl groups is 1. The molecule has 0 aromatic heterocycles. The zero-order valence-electron chi connectivity index (χ0n) is 11.9. The Morgan fingerprint density at radius 3 is 1.95 bits per heavy atom. The third-order valence-electron chi connectivity index (χ3n) is 4.03. The molecule has 19 heavy (non-hydrogen) atoms. The molecular formula is C18H26O. The summed E-state index contributed by atoms with van der Waals surface area (Å²) in [5.74, 6) is 0.359. The first-order valence-corrected chi connectivity index (χ1v) is 7.85. The minimum absolute atomic E-state index is 0.359. The molecule has 0 saturated heterocycles. The highest BCUT2D eigenvalue weighted by molar-refractivity contribution is 5.65. The third kappa shape index (κ3) is 5.10. The molecule has 0 bridgehead atoms. The van der Waals surface area contributed by atoms with E-state index in [2.05, 4.69) is 6.08 Å². The third-order valence-corrected chi connectivity index (χ3v) is 4.03. The fourth-order valence-electron chi connectivity index (χ4n) is 2.84. The van der Waals surface area contributed by atoms with E-state index in [0.717, 1.165) is 0 Å². The maximum atomic E-state index is 9.39. The lowest BCUT2D eigenvalue weighted by atomic mass is 9.96. The Balaban J connectivity index is 2.02. The van der Waals surface area contributed by atoms with Gasteiger partial charge in [0.25, 0.3) is 0 Å². The van der Waals surface area contributed by atoms with E-state index in [1.807, 2.05) is 12.1 Å². The molecule has 0 unspecified atom stereocenters. The van der Waals surface area contributed by atoms with Gasteiger partial charge in [-0.25, -0.2) is 0 Å². The van der Waals surface area contributed by atoms with Crippen LogP contribution in [0.5, 0.6) is 5.75 Å². The van der Waals surface area contributed by atoms with Gasteiger partial charge in [-0.3, -0.25) is 0 Å². The SMILES string of the molecule is Oc1ccc(C2=CCCCCCCCCCC2)cc1. The first-order chi connectivity index (χ1) is 9.36. The standard InChI is InChI=1S/C18H26O/c19-18-14-12-17(13-15-18)16-10-8-6-4-2-1-3-5-7-9-11-16/h10,12-15,19H,1-9,11H2. The van der Waals surface area contributed by atoms with E-state index >= 15 is 0 Å². The fraction of sp³-hybridized carbons (Fsp3) is 0.556. The highest BCUT2D eigenvalue weighted by atomic mass is 16.3. The molecule has 1 aromatic rings. The Morgan fingerprint density at radius 1 is 0.684 bits per heavy atom. The molecular weight excluding hydrogens is 232 g/mol. The number of phenolic OH excluding ortho intramolecular Hbond substituents is 1. The van der Waals surface area contributed by atoms with Crippen molar-refractivity contribution in [1.29, 1.82) is 0 Å². The molecule has 0 fully saturated rings. The zero-order chi connectivity index (χ0) is 13.3. The molecule has 2 rings (SSSR count). The number of phenols is 1. The zero-order valence-corrected chi connectivity index (χ0v) is 11.9. The molecule has 1 aromatic carbocycles. The summed E-state index contributed by atoms with van der Waals surface area (Å²) in [6.07, 6.45) is 15.8. The Hall–Kier alpha value is -1.24. The number of hydrogen-bond acceptors (Lipinski definition) is 1. The molecule has 1 nitrogen and oxygen atoms in total. The Bertz CT molecular complexity index is 389. The first-order valence-electron chi connectivity index (χ1n) is 7.85. The van der Waals surface area contributed by atoms with Crippen LogP contribution in [0.4, 0.5) is 0 Å². The molecule has 0 amide bonds. The molecule has 1 N–H and O–H groups in total. The quantitative estimate of drug-likeness (QED) is 0.686. The molecule has 0 aliphatic heterocycles. The summed E-state index contributed by atoms with van der Waals surface area (Å²) in [6.45, 7) is 0. The second-order valence-electron chi connectivity index (χ2n) is 5.64. The van der Waals surface area contributed by atoms with Gasteiger partial charge in [0, 0.05) is 0 Å². The smallest absolute Gasteiger partial charge is 0.115 e. The van der Waals surface area contributed by atoms with Crippen LogP contribution in [-0.4, -0.2) is 5.11 Å². The van der Waals surface area contributed by atoms with Gasteiger partial charge in [0.1, 0.15) is 5.75 Å². The summed E-state index contributed by atoms with van der Waals surface area (Å²) < 4.78 is 0. The van der Waals surface area contributed by atoms with Crippen LogP contribution in [0.25, 0.3) is 5.57 Å².